The zero-order valence-electron chi connectivity index (χ0n) is 13.0. The van der Waals surface area contributed by atoms with Gasteiger partial charge in [-0.3, -0.25) is 0 Å². The van der Waals surface area contributed by atoms with E-state index in [-0.39, 0.29) is 51.4 Å². The standard InChI is InChI=1S/2C6H5N5O2.Co/c2*7-3-2-4(9-1-8-2)11-5(10-3)6(12)13;/h2*1H,(H,12,13)(H3,7,8,9,10,11);. The van der Waals surface area contributed by atoms with Crippen molar-refractivity contribution >= 4 is 45.9 Å². The molecule has 0 saturated carbocycles. The van der Waals surface area contributed by atoms with Crippen LogP contribution in [0.3, 0.4) is 0 Å². The summed E-state index contributed by atoms with van der Waals surface area (Å²) in [6.07, 6.45) is 2.75. The van der Waals surface area contributed by atoms with Crippen molar-refractivity contribution in [3.8, 4) is 0 Å². The maximum Gasteiger partial charge on any atom is 0.374 e. The second kappa shape index (κ2) is 7.58. The molecule has 0 bridgehead atoms. The fourth-order valence-corrected chi connectivity index (χ4v) is 1.90. The van der Waals surface area contributed by atoms with Gasteiger partial charge in [0.25, 0.3) is 0 Å². The molecule has 4 rings (SSSR count). The molecule has 8 N–H and O–H groups in total. The normalized spacial score (nSPS) is 10.1. The number of aromatic carboxylic acids is 2. The van der Waals surface area contributed by atoms with Crippen LogP contribution in [0.1, 0.15) is 21.2 Å². The summed E-state index contributed by atoms with van der Waals surface area (Å²) in [5, 5.41) is 17.2. The molecule has 14 nitrogen and oxygen atoms in total. The number of nitrogen functional groups attached to an aromatic ring is 2. The topological polar surface area (TPSA) is 236 Å². The Hall–Kier alpha value is -3.85. The summed E-state index contributed by atoms with van der Waals surface area (Å²) in [6.45, 7) is 0. The van der Waals surface area contributed by atoms with Gasteiger partial charge in [-0.05, 0) is 0 Å². The number of aromatic amines is 2. The third kappa shape index (κ3) is 3.88. The van der Waals surface area contributed by atoms with Crippen LogP contribution in [0.4, 0.5) is 11.6 Å². The van der Waals surface area contributed by atoms with Crippen LogP contribution < -0.4 is 11.5 Å². The maximum absolute atomic E-state index is 10.5. The number of anilines is 2. The van der Waals surface area contributed by atoms with Crippen molar-refractivity contribution < 1.29 is 36.6 Å². The number of fused-ring (bicyclic) bond motifs is 2. The summed E-state index contributed by atoms with van der Waals surface area (Å²) in [5.41, 5.74) is 12.3. The molecule has 0 amide bonds. The molecule has 0 aliphatic carbocycles. The van der Waals surface area contributed by atoms with Crippen molar-refractivity contribution in [1.29, 1.82) is 0 Å². The molecule has 141 valence electrons. The van der Waals surface area contributed by atoms with Gasteiger partial charge in [0.05, 0.1) is 12.7 Å². The number of hydrogen-bond donors (Lipinski definition) is 6. The van der Waals surface area contributed by atoms with Crippen LogP contribution in [0, 0.1) is 0 Å². The predicted octanol–water partition coefficient (Wildman–Crippen LogP) is -0.736. The van der Waals surface area contributed by atoms with Crippen molar-refractivity contribution in [1.82, 2.24) is 39.9 Å². The van der Waals surface area contributed by atoms with E-state index < -0.39 is 11.9 Å². The molecular weight excluding hydrogens is 407 g/mol. The van der Waals surface area contributed by atoms with Gasteiger partial charge < -0.3 is 31.6 Å². The second-order valence-electron chi connectivity index (χ2n) is 4.68. The van der Waals surface area contributed by atoms with E-state index in [1.807, 2.05) is 0 Å². The van der Waals surface area contributed by atoms with Gasteiger partial charge >= 0.3 is 11.9 Å². The Morgan fingerprint density at radius 3 is 1.48 bits per heavy atom. The molecule has 0 aliphatic rings. The van der Waals surface area contributed by atoms with Crippen molar-refractivity contribution in [2.45, 2.75) is 0 Å². The number of rotatable bonds is 2. The van der Waals surface area contributed by atoms with Crippen LogP contribution in [0.2, 0.25) is 0 Å². The SMILES string of the molecule is Nc1nc(C(=O)O)nc2nc[nH]c12.Nc1nc(C(=O)O)nc2nc[nH]c12.[Co]. The van der Waals surface area contributed by atoms with E-state index in [1.54, 1.807) is 0 Å². The number of nitrogens with one attached hydrogen (secondary N) is 2. The molecule has 0 fully saturated rings. The van der Waals surface area contributed by atoms with Gasteiger partial charge in [0, 0.05) is 16.8 Å². The van der Waals surface area contributed by atoms with Crippen molar-refractivity contribution in [2.75, 3.05) is 11.5 Å². The molecular formula is C12H10CoN10O4. The number of H-pyrrole nitrogens is 2. The van der Waals surface area contributed by atoms with Gasteiger partial charge in [-0.25, -0.2) is 39.5 Å². The minimum atomic E-state index is -1.23. The number of nitrogens with two attached hydrogens (primary N) is 2. The van der Waals surface area contributed by atoms with Crippen molar-refractivity contribution in [3.05, 3.63) is 24.3 Å². The van der Waals surface area contributed by atoms with E-state index >= 15 is 0 Å². The zero-order valence-corrected chi connectivity index (χ0v) is 14.1. The average molecular weight is 417 g/mol. The number of imidazole rings is 2. The van der Waals surface area contributed by atoms with Crippen molar-refractivity contribution in [2.24, 2.45) is 0 Å². The van der Waals surface area contributed by atoms with Crippen LogP contribution in [0.5, 0.6) is 0 Å². The summed E-state index contributed by atoms with van der Waals surface area (Å²) in [5.74, 6) is -2.98. The summed E-state index contributed by atoms with van der Waals surface area (Å²) >= 11 is 0. The molecule has 0 atom stereocenters. The quantitative estimate of drug-likeness (QED) is 0.237. The summed E-state index contributed by atoms with van der Waals surface area (Å²) < 4.78 is 0. The van der Waals surface area contributed by atoms with Gasteiger partial charge in [-0.15, -0.1) is 0 Å². The fourth-order valence-electron chi connectivity index (χ4n) is 1.90. The van der Waals surface area contributed by atoms with Crippen LogP contribution in [-0.4, -0.2) is 62.0 Å². The first-order chi connectivity index (χ1) is 12.4. The van der Waals surface area contributed by atoms with Crippen LogP contribution in [0.15, 0.2) is 12.7 Å². The van der Waals surface area contributed by atoms with Gasteiger partial charge in [-0.1, -0.05) is 0 Å². The Morgan fingerprint density at radius 2 is 1.15 bits per heavy atom. The van der Waals surface area contributed by atoms with E-state index in [2.05, 4.69) is 39.9 Å². The molecule has 4 aromatic rings. The largest absolute Gasteiger partial charge is 0.475 e. The Balaban J connectivity index is 0.000000187. The number of carboxylic acids is 2. The minimum absolute atomic E-state index is 0. The van der Waals surface area contributed by atoms with E-state index in [9.17, 15) is 9.59 Å². The number of aromatic nitrogens is 8. The van der Waals surface area contributed by atoms with Crippen LogP contribution in [0.25, 0.3) is 22.3 Å². The molecule has 0 aliphatic heterocycles. The summed E-state index contributed by atoms with van der Waals surface area (Å²) in [4.78, 5) is 48.4. The minimum Gasteiger partial charge on any atom is -0.475 e. The molecule has 1 radical (unpaired) electrons. The molecule has 0 spiro atoms. The van der Waals surface area contributed by atoms with Gasteiger partial charge in [0.1, 0.15) is 11.0 Å². The first-order valence-corrected chi connectivity index (χ1v) is 6.76. The first-order valence-electron chi connectivity index (χ1n) is 6.76. The Labute approximate surface area is 158 Å². The predicted molar refractivity (Wildman–Crippen MR) is 86.1 cm³/mol. The Bertz CT molecular complexity index is 1050. The van der Waals surface area contributed by atoms with E-state index in [1.165, 1.54) is 12.7 Å². The fraction of sp³-hybridized carbons (Fsp3) is 0. The van der Waals surface area contributed by atoms with E-state index in [0.29, 0.717) is 11.0 Å². The number of nitrogens with zero attached hydrogens (tertiary/aromatic N) is 6. The third-order valence-electron chi connectivity index (χ3n) is 3.01. The monoisotopic (exact) mass is 417 g/mol. The third-order valence-corrected chi connectivity index (χ3v) is 3.01. The molecule has 0 aromatic carbocycles. The van der Waals surface area contributed by atoms with Crippen LogP contribution >= 0.6 is 0 Å². The Kier molecular flexibility index (Phi) is 5.47. The number of carboxylic acid groups (broad SMARTS) is 2. The van der Waals surface area contributed by atoms with Gasteiger partial charge in [0.15, 0.2) is 22.9 Å². The zero-order chi connectivity index (χ0) is 18.8. The number of hydrogen-bond acceptors (Lipinski definition) is 10. The Morgan fingerprint density at radius 1 is 0.778 bits per heavy atom. The van der Waals surface area contributed by atoms with Gasteiger partial charge in [-0.2, -0.15) is 0 Å². The maximum atomic E-state index is 10.5. The van der Waals surface area contributed by atoms with Crippen LogP contribution in [-0.2, 0) is 16.8 Å². The molecule has 4 heterocycles. The molecule has 0 saturated heterocycles. The smallest absolute Gasteiger partial charge is 0.374 e. The van der Waals surface area contributed by atoms with Gasteiger partial charge in [0.2, 0.25) is 11.6 Å². The summed E-state index contributed by atoms with van der Waals surface area (Å²) in [6, 6.07) is 0. The molecule has 27 heavy (non-hydrogen) atoms. The molecule has 15 heteroatoms. The van der Waals surface area contributed by atoms with E-state index in [4.69, 9.17) is 21.7 Å². The number of carbonyl (C=O) groups is 2. The average Bonchev–Trinajstić information content (AvgIpc) is 3.24. The first kappa shape index (κ1) is 19.5. The summed E-state index contributed by atoms with van der Waals surface area (Å²) in [7, 11) is 0. The molecule has 4 aromatic heterocycles. The molecule has 0 unspecified atom stereocenters. The van der Waals surface area contributed by atoms with Crippen molar-refractivity contribution in [3.63, 3.8) is 0 Å². The van der Waals surface area contributed by atoms with E-state index in [0.717, 1.165) is 0 Å². The second-order valence-corrected chi connectivity index (χ2v) is 4.68.